The largest absolute Gasteiger partial charge is 0.497 e. The molecule has 0 spiro atoms. The Morgan fingerprint density at radius 3 is 2.56 bits per heavy atom. The normalized spacial score (nSPS) is 25.6. The lowest BCUT2D eigenvalue weighted by atomic mass is 9.92. The van der Waals surface area contributed by atoms with Crippen LogP contribution in [0.4, 0.5) is 5.69 Å². The number of carbonyl (C=O) groups is 3. The summed E-state index contributed by atoms with van der Waals surface area (Å²) in [4.78, 5) is 38.3. The van der Waals surface area contributed by atoms with Crippen LogP contribution < -0.4 is 15.4 Å². The van der Waals surface area contributed by atoms with E-state index in [1.54, 1.807) is 38.3 Å². The number of Topliss-reactive ketones (excluding diaryl/α,β-unsaturated/α-hetero) is 1. The zero-order chi connectivity index (χ0) is 19.2. The number of benzene rings is 2. The summed E-state index contributed by atoms with van der Waals surface area (Å²) in [5.41, 5.74) is 0.886. The van der Waals surface area contributed by atoms with Crippen LogP contribution in [0.5, 0.6) is 5.75 Å². The van der Waals surface area contributed by atoms with Crippen LogP contribution in [0.3, 0.4) is 0 Å². The molecule has 4 rings (SSSR count). The second kappa shape index (κ2) is 6.23. The van der Waals surface area contributed by atoms with E-state index >= 15 is 0 Å². The quantitative estimate of drug-likeness (QED) is 0.872. The number of ketones is 1. The molecule has 1 fully saturated rings. The highest BCUT2D eigenvalue weighted by Gasteiger charge is 2.73. The molecular weight excluding hydrogens is 344 g/mol. The Balaban J connectivity index is 1.51. The van der Waals surface area contributed by atoms with Crippen molar-refractivity contribution in [2.75, 3.05) is 12.4 Å². The van der Waals surface area contributed by atoms with Gasteiger partial charge in [0.05, 0.1) is 30.0 Å². The average Bonchev–Trinajstić information content (AvgIpc) is 3.34. The second-order valence-electron chi connectivity index (χ2n) is 7.17. The molecular formula is C21H20N2O4. The number of para-hydroxylation sites is 1. The van der Waals surface area contributed by atoms with Crippen LogP contribution in [-0.2, 0) is 16.1 Å². The number of anilines is 1. The summed E-state index contributed by atoms with van der Waals surface area (Å²) in [5, 5.41) is 5.64. The van der Waals surface area contributed by atoms with Gasteiger partial charge in [0.1, 0.15) is 5.75 Å². The molecule has 1 aliphatic heterocycles. The van der Waals surface area contributed by atoms with E-state index in [1.165, 1.54) is 0 Å². The van der Waals surface area contributed by atoms with Crippen molar-refractivity contribution in [2.24, 2.45) is 17.3 Å². The van der Waals surface area contributed by atoms with E-state index in [4.69, 9.17) is 4.74 Å². The van der Waals surface area contributed by atoms with Gasteiger partial charge in [-0.2, -0.15) is 0 Å². The topological polar surface area (TPSA) is 84.5 Å². The van der Waals surface area contributed by atoms with Gasteiger partial charge in [-0.05, 0) is 29.8 Å². The van der Waals surface area contributed by atoms with Gasteiger partial charge in [-0.1, -0.05) is 31.2 Å². The fraction of sp³-hybridized carbons (Fsp3) is 0.286. The monoisotopic (exact) mass is 364 g/mol. The highest BCUT2D eigenvalue weighted by Crippen LogP contribution is 2.62. The van der Waals surface area contributed by atoms with Crippen molar-refractivity contribution in [1.29, 1.82) is 0 Å². The maximum absolute atomic E-state index is 13.0. The lowest BCUT2D eigenvalue weighted by molar-refractivity contribution is -0.125. The predicted molar refractivity (Wildman–Crippen MR) is 99.3 cm³/mol. The lowest BCUT2D eigenvalue weighted by Crippen LogP contribution is -2.29. The molecule has 27 heavy (non-hydrogen) atoms. The Morgan fingerprint density at radius 1 is 1.15 bits per heavy atom. The van der Waals surface area contributed by atoms with Crippen LogP contribution >= 0.6 is 0 Å². The average molecular weight is 364 g/mol. The van der Waals surface area contributed by atoms with Crippen molar-refractivity contribution < 1.29 is 19.1 Å². The molecule has 0 radical (unpaired) electrons. The summed E-state index contributed by atoms with van der Waals surface area (Å²) < 4.78 is 5.12. The van der Waals surface area contributed by atoms with Crippen molar-refractivity contribution >= 4 is 23.3 Å². The Morgan fingerprint density at radius 2 is 1.85 bits per heavy atom. The third-order valence-corrected chi connectivity index (χ3v) is 5.63. The van der Waals surface area contributed by atoms with E-state index in [0.29, 0.717) is 17.8 Å². The molecule has 0 bridgehead atoms. The van der Waals surface area contributed by atoms with E-state index in [-0.39, 0.29) is 17.6 Å². The number of nitrogens with one attached hydrogen (secondary N) is 2. The SMILES string of the molecule is COc1ccc(CNC(=O)[C@@H]2C3C(=O)Nc4ccccc4C(=O)[C@@]32C)cc1. The molecule has 0 aromatic heterocycles. The number of methoxy groups -OCH3 is 1. The van der Waals surface area contributed by atoms with Crippen molar-refractivity contribution in [3.05, 3.63) is 59.7 Å². The Kier molecular flexibility index (Phi) is 3.98. The molecule has 138 valence electrons. The number of amides is 2. The van der Waals surface area contributed by atoms with Crippen molar-refractivity contribution in [3.8, 4) is 5.75 Å². The molecule has 2 aromatic carbocycles. The highest BCUT2D eigenvalue weighted by molar-refractivity contribution is 6.19. The first-order chi connectivity index (χ1) is 13.0. The van der Waals surface area contributed by atoms with Gasteiger partial charge in [0, 0.05) is 12.1 Å². The number of ether oxygens (including phenoxy) is 1. The first-order valence-electron chi connectivity index (χ1n) is 8.82. The third-order valence-electron chi connectivity index (χ3n) is 5.63. The van der Waals surface area contributed by atoms with E-state index in [0.717, 1.165) is 11.3 Å². The summed E-state index contributed by atoms with van der Waals surface area (Å²) in [6.45, 7) is 2.04. The fourth-order valence-electron chi connectivity index (χ4n) is 3.98. The van der Waals surface area contributed by atoms with Gasteiger partial charge in [-0.15, -0.1) is 0 Å². The summed E-state index contributed by atoms with van der Waals surface area (Å²) in [6, 6.07) is 14.3. The first-order valence-corrected chi connectivity index (χ1v) is 8.82. The van der Waals surface area contributed by atoms with E-state index in [2.05, 4.69) is 10.6 Å². The first kappa shape index (κ1) is 17.3. The summed E-state index contributed by atoms with van der Waals surface area (Å²) in [5.74, 6) is -1.28. The minimum absolute atomic E-state index is 0.161. The van der Waals surface area contributed by atoms with Crippen LogP contribution in [0, 0.1) is 17.3 Å². The zero-order valence-corrected chi connectivity index (χ0v) is 15.1. The van der Waals surface area contributed by atoms with Gasteiger partial charge in [-0.3, -0.25) is 14.4 Å². The van der Waals surface area contributed by atoms with Gasteiger partial charge < -0.3 is 15.4 Å². The van der Waals surface area contributed by atoms with E-state index in [9.17, 15) is 14.4 Å². The van der Waals surface area contributed by atoms with Crippen LogP contribution in [-0.4, -0.2) is 24.7 Å². The Hall–Kier alpha value is -3.15. The smallest absolute Gasteiger partial charge is 0.229 e. The van der Waals surface area contributed by atoms with Gasteiger partial charge in [0.25, 0.3) is 0 Å². The summed E-state index contributed by atoms with van der Waals surface area (Å²) >= 11 is 0. The molecule has 2 N–H and O–H groups in total. The van der Waals surface area contributed by atoms with Crippen LogP contribution in [0.1, 0.15) is 22.8 Å². The minimum Gasteiger partial charge on any atom is -0.497 e. The minimum atomic E-state index is -0.999. The molecule has 2 amide bonds. The van der Waals surface area contributed by atoms with E-state index < -0.39 is 17.3 Å². The van der Waals surface area contributed by atoms with Crippen molar-refractivity contribution in [3.63, 3.8) is 0 Å². The summed E-state index contributed by atoms with van der Waals surface area (Å²) in [6.07, 6.45) is 0. The molecule has 6 heteroatoms. The molecule has 6 nitrogen and oxygen atoms in total. The number of hydrogen-bond donors (Lipinski definition) is 2. The van der Waals surface area contributed by atoms with Gasteiger partial charge in [0.2, 0.25) is 11.8 Å². The second-order valence-corrected chi connectivity index (χ2v) is 7.17. The molecule has 1 heterocycles. The molecule has 1 saturated carbocycles. The highest BCUT2D eigenvalue weighted by atomic mass is 16.5. The molecule has 1 aliphatic carbocycles. The van der Waals surface area contributed by atoms with Gasteiger partial charge >= 0.3 is 0 Å². The van der Waals surface area contributed by atoms with Crippen molar-refractivity contribution in [2.45, 2.75) is 13.5 Å². The van der Waals surface area contributed by atoms with Crippen molar-refractivity contribution in [1.82, 2.24) is 5.32 Å². The molecule has 2 aromatic rings. The van der Waals surface area contributed by atoms with Crippen LogP contribution in [0.25, 0.3) is 0 Å². The van der Waals surface area contributed by atoms with Crippen LogP contribution in [0.15, 0.2) is 48.5 Å². The number of fused-ring (bicyclic) bond motifs is 2. The number of hydrogen-bond acceptors (Lipinski definition) is 4. The Bertz CT molecular complexity index is 937. The molecule has 2 aliphatic rings. The van der Waals surface area contributed by atoms with E-state index in [1.807, 2.05) is 24.3 Å². The van der Waals surface area contributed by atoms with Gasteiger partial charge in [0.15, 0.2) is 5.78 Å². The zero-order valence-electron chi connectivity index (χ0n) is 15.1. The maximum atomic E-state index is 13.0. The molecule has 0 saturated heterocycles. The molecule has 1 unspecified atom stereocenters. The predicted octanol–water partition coefficient (Wildman–Crippen LogP) is 2.40. The van der Waals surface area contributed by atoms with Crippen LogP contribution in [0.2, 0.25) is 0 Å². The standard InChI is InChI=1S/C21H20N2O4/c1-21-16(19(25)22-11-12-7-9-13(27-2)10-8-12)17(21)20(26)23-15-6-4-3-5-14(15)18(21)24/h3-10,16-17H,11H2,1-2H3,(H,22,25)(H,23,26)/t16-,17?,21+/m0/s1. The third kappa shape index (κ3) is 2.68. The van der Waals surface area contributed by atoms with Gasteiger partial charge in [-0.25, -0.2) is 0 Å². The fourth-order valence-corrected chi connectivity index (χ4v) is 3.98. The lowest BCUT2D eigenvalue weighted by Gasteiger charge is -2.12. The number of carbonyl (C=O) groups excluding carboxylic acids is 3. The summed E-state index contributed by atoms with van der Waals surface area (Å²) in [7, 11) is 1.59. The Labute approximate surface area is 156 Å². The number of rotatable bonds is 4. The molecule has 3 atom stereocenters. The maximum Gasteiger partial charge on any atom is 0.229 e.